The van der Waals surface area contributed by atoms with E-state index in [0.29, 0.717) is 0 Å². The highest BCUT2D eigenvalue weighted by Gasteiger charge is 2.41. The number of benzene rings is 7. The van der Waals surface area contributed by atoms with E-state index in [-0.39, 0.29) is 10.8 Å². The summed E-state index contributed by atoms with van der Waals surface area (Å²) >= 11 is 0. The van der Waals surface area contributed by atoms with Gasteiger partial charge < -0.3 is 0 Å². The molecular formula is C45H35B. The van der Waals surface area contributed by atoms with Crippen LogP contribution in [0.1, 0.15) is 55.5 Å². The SMILES string of the molecule is [B]c1ccc(-c2c3ccc4c(c3c(-c3ccc(C)cc3)c3ccc5c(c23)C(C)(C)c2ccccc2-5)C(C)(C)c2ccccc2-4)cc1. The van der Waals surface area contributed by atoms with E-state index in [1.165, 1.54) is 93.9 Å². The molecule has 0 heterocycles. The fourth-order valence-electron chi connectivity index (χ4n) is 8.92. The van der Waals surface area contributed by atoms with Gasteiger partial charge in [0.25, 0.3) is 0 Å². The second kappa shape index (κ2) is 9.33. The Morgan fingerprint density at radius 2 is 0.848 bits per heavy atom. The molecule has 2 aliphatic carbocycles. The van der Waals surface area contributed by atoms with Crippen LogP contribution in [-0.2, 0) is 10.8 Å². The van der Waals surface area contributed by atoms with Crippen LogP contribution in [0.3, 0.4) is 0 Å². The van der Waals surface area contributed by atoms with Crippen molar-refractivity contribution in [1.29, 1.82) is 0 Å². The van der Waals surface area contributed by atoms with E-state index >= 15 is 0 Å². The van der Waals surface area contributed by atoms with Gasteiger partial charge in [-0.15, -0.1) is 0 Å². The molecule has 9 rings (SSSR count). The highest BCUT2D eigenvalue weighted by Crippen LogP contribution is 2.59. The van der Waals surface area contributed by atoms with Gasteiger partial charge >= 0.3 is 0 Å². The molecule has 0 spiro atoms. The van der Waals surface area contributed by atoms with Gasteiger partial charge in [-0.3, -0.25) is 0 Å². The van der Waals surface area contributed by atoms with Crippen molar-refractivity contribution in [3.63, 3.8) is 0 Å². The minimum atomic E-state index is -0.168. The summed E-state index contributed by atoms with van der Waals surface area (Å²) in [5.41, 5.74) is 17.8. The van der Waals surface area contributed by atoms with Gasteiger partial charge in [0.15, 0.2) is 0 Å². The van der Waals surface area contributed by atoms with Gasteiger partial charge in [0.1, 0.15) is 7.85 Å². The quantitative estimate of drug-likeness (QED) is 0.140. The summed E-state index contributed by atoms with van der Waals surface area (Å²) < 4.78 is 0. The molecule has 0 atom stereocenters. The summed E-state index contributed by atoms with van der Waals surface area (Å²) in [7, 11) is 6.29. The zero-order valence-corrected chi connectivity index (χ0v) is 27.1. The smallest absolute Gasteiger partial charge is 0.0966 e. The summed E-state index contributed by atoms with van der Waals surface area (Å²) in [6.07, 6.45) is 0. The first-order chi connectivity index (χ1) is 22.2. The third kappa shape index (κ3) is 3.52. The van der Waals surface area contributed by atoms with E-state index in [9.17, 15) is 0 Å². The Labute approximate surface area is 273 Å². The van der Waals surface area contributed by atoms with Crippen molar-refractivity contribution in [2.45, 2.75) is 45.4 Å². The minimum Gasteiger partial charge on any atom is -0.0966 e. The Balaban J connectivity index is 1.56. The van der Waals surface area contributed by atoms with Crippen LogP contribution in [0.5, 0.6) is 0 Å². The summed E-state index contributed by atoms with van der Waals surface area (Å²) in [5, 5.41) is 5.31. The summed E-state index contributed by atoms with van der Waals surface area (Å²) in [6.45, 7) is 11.8. The Bertz CT molecular complexity index is 2230. The molecule has 218 valence electrons. The zero-order chi connectivity index (χ0) is 31.5. The van der Waals surface area contributed by atoms with E-state index in [1.807, 2.05) is 0 Å². The molecule has 2 aliphatic rings. The van der Waals surface area contributed by atoms with E-state index < -0.39 is 0 Å². The average Bonchev–Trinajstić information content (AvgIpc) is 3.44. The predicted octanol–water partition coefficient (Wildman–Crippen LogP) is 11.0. The topological polar surface area (TPSA) is 0 Å². The molecular weight excluding hydrogens is 551 g/mol. The zero-order valence-electron chi connectivity index (χ0n) is 27.1. The van der Waals surface area contributed by atoms with Gasteiger partial charge in [0, 0.05) is 10.8 Å². The molecule has 7 aromatic carbocycles. The molecule has 0 amide bonds. The highest BCUT2D eigenvalue weighted by molar-refractivity contribution is 6.32. The molecule has 0 unspecified atom stereocenters. The third-order valence-corrected chi connectivity index (χ3v) is 11.0. The molecule has 7 aromatic rings. The first-order valence-corrected chi connectivity index (χ1v) is 16.4. The molecule has 0 saturated heterocycles. The Morgan fingerprint density at radius 1 is 0.435 bits per heavy atom. The summed E-state index contributed by atoms with van der Waals surface area (Å²) in [4.78, 5) is 0. The third-order valence-electron chi connectivity index (χ3n) is 11.0. The lowest BCUT2D eigenvalue weighted by molar-refractivity contribution is 0.665. The van der Waals surface area contributed by atoms with Crippen molar-refractivity contribution >= 4 is 34.9 Å². The summed E-state index contributed by atoms with van der Waals surface area (Å²) in [6, 6.07) is 45.3. The maximum atomic E-state index is 6.29. The lowest BCUT2D eigenvalue weighted by Gasteiger charge is -2.29. The molecule has 0 aliphatic heterocycles. The molecule has 46 heavy (non-hydrogen) atoms. The Kier molecular flexibility index (Phi) is 5.57. The van der Waals surface area contributed by atoms with Gasteiger partial charge in [0.05, 0.1) is 0 Å². The predicted molar refractivity (Wildman–Crippen MR) is 198 cm³/mol. The Hall–Kier alpha value is -4.88. The molecule has 0 fully saturated rings. The van der Waals surface area contributed by atoms with Crippen LogP contribution in [0.4, 0.5) is 0 Å². The van der Waals surface area contributed by atoms with E-state index in [4.69, 9.17) is 7.85 Å². The molecule has 0 N–H and O–H groups in total. The van der Waals surface area contributed by atoms with Crippen LogP contribution in [0.15, 0.2) is 121 Å². The molecule has 0 aromatic heterocycles. The minimum absolute atomic E-state index is 0.164. The lowest BCUT2D eigenvalue weighted by atomic mass is 9.73. The fraction of sp³-hybridized carbons (Fsp3) is 0.156. The number of hydrogen-bond donors (Lipinski definition) is 0. The molecule has 0 nitrogen and oxygen atoms in total. The summed E-state index contributed by atoms with van der Waals surface area (Å²) in [5.74, 6) is 0. The second-order valence-corrected chi connectivity index (χ2v) is 14.4. The van der Waals surface area contributed by atoms with Gasteiger partial charge in [-0.2, -0.15) is 0 Å². The van der Waals surface area contributed by atoms with E-state index in [0.717, 1.165) is 5.46 Å². The highest BCUT2D eigenvalue weighted by atomic mass is 14.4. The van der Waals surface area contributed by atoms with Crippen molar-refractivity contribution in [3.8, 4) is 44.5 Å². The van der Waals surface area contributed by atoms with Gasteiger partial charge in [-0.1, -0.05) is 160 Å². The monoisotopic (exact) mass is 586 g/mol. The van der Waals surface area contributed by atoms with Crippen LogP contribution in [-0.4, -0.2) is 7.85 Å². The van der Waals surface area contributed by atoms with Crippen LogP contribution in [0.2, 0.25) is 0 Å². The number of rotatable bonds is 2. The van der Waals surface area contributed by atoms with Crippen LogP contribution in [0.25, 0.3) is 66.1 Å². The first kappa shape index (κ1) is 27.4. The molecule has 2 radical (unpaired) electrons. The number of aryl methyl sites for hydroxylation is 1. The fourth-order valence-corrected chi connectivity index (χ4v) is 8.92. The van der Waals surface area contributed by atoms with Crippen molar-refractivity contribution in [2.75, 3.05) is 0 Å². The normalized spacial score (nSPS) is 15.1. The van der Waals surface area contributed by atoms with Crippen LogP contribution in [0, 0.1) is 6.92 Å². The largest absolute Gasteiger partial charge is 0.113 e. The van der Waals surface area contributed by atoms with Crippen LogP contribution >= 0.6 is 0 Å². The van der Waals surface area contributed by atoms with E-state index in [1.54, 1.807) is 0 Å². The van der Waals surface area contributed by atoms with Crippen molar-refractivity contribution in [1.82, 2.24) is 0 Å². The first-order valence-electron chi connectivity index (χ1n) is 16.4. The van der Waals surface area contributed by atoms with E-state index in [2.05, 4.69) is 156 Å². The van der Waals surface area contributed by atoms with Gasteiger partial charge in [0.2, 0.25) is 0 Å². The maximum Gasteiger partial charge on any atom is 0.113 e. The average molecular weight is 587 g/mol. The van der Waals surface area contributed by atoms with Crippen molar-refractivity contribution in [2.24, 2.45) is 0 Å². The van der Waals surface area contributed by atoms with Gasteiger partial charge in [-0.25, -0.2) is 0 Å². The standard InChI is InChI=1S/C45H35B/c1-26-14-16-27(17-15-26)38-34-24-22-33-31-11-7-9-13-37(31)45(4,5)43(33)41(34)39(28-18-20-29(46)21-19-28)35-25-23-32-30-10-6-8-12-36(30)44(2,3)42(32)40(35)38/h6-25H,1-5H3. The van der Waals surface area contributed by atoms with Crippen LogP contribution < -0.4 is 5.46 Å². The van der Waals surface area contributed by atoms with Gasteiger partial charge in [-0.05, 0) is 95.2 Å². The Morgan fingerprint density at radius 3 is 1.30 bits per heavy atom. The molecule has 0 bridgehead atoms. The van der Waals surface area contributed by atoms with Crippen molar-refractivity contribution < 1.29 is 0 Å². The molecule has 0 saturated carbocycles. The molecule has 1 heteroatoms. The van der Waals surface area contributed by atoms with Crippen molar-refractivity contribution in [3.05, 3.63) is 149 Å². The number of hydrogen-bond acceptors (Lipinski definition) is 0. The maximum absolute atomic E-state index is 6.29. The lowest BCUT2D eigenvalue weighted by Crippen LogP contribution is -2.17. The number of fused-ring (bicyclic) bond motifs is 10. The second-order valence-electron chi connectivity index (χ2n) is 14.4.